The Morgan fingerprint density at radius 3 is 2.73 bits per heavy atom. The molecule has 1 atom stereocenters. The van der Waals surface area contributed by atoms with Gasteiger partial charge in [-0.25, -0.2) is 0 Å². The van der Waals surface area contributed by atoms with Gasteiger partial charge < -0.3 is 11.1 Å². The van der Waals surface area contributed by atoms with Crippen molar-refractivity contribution in [3.05, 3.63) is 35.9 Å². The first-order valence-corrected chi connectivity index (χ1v) is 4.90. The van der Waals surface area contributed by atoms with Crippen LogP contribution in [0, 0.1) is 5.92 Å². The van der Waals surface area contributed by atoms with Crippen LogP contribution < -0.4 is 11.1 Å². The fourth-order valence-corrected chi connectivity index (χ4v) is 1.57. The average molecular weight is 203 g/mol. The van der Waals surface area contributed by atoms with Gasteiger partial charge in [-0.05, 0) is 0 Å². The number of Topliss-reactive ketones (excluding diaryl/α,β-unsaturated/α-hetero) is 1. The normalized spacial score (nSPS) is 20.3. The summed E-state index contributed by atoms with van der Waals surface area (Å²) < 4.78 is 0. The SMILES string of the molecule is NC1=NCC(C(=O)c2ccccc2)CN1. The first-order chi connectivity index (χ1) is 7.27. The molecule has 0 aromatic heterocycles. The lowest BCUT2D eigenvalue weighted by Gasteiger charge is -2.19. The topological polar surface area (TPSA) is 67.5 Å². The van der Waals surface area contributed by atoms with E-state index in [0.29, 0.717) is 19.0 Å². The number of benzene rings is 1. The molecule has 1 aromatic carbocycles. The highest BCUT2D eigenvalue weighted by Gasteiger charge is 2.22. The van der Waals surface area contributed by atoms with Gasteiger partial charge in [-0.15, -0.1) is 0 Å². The molecule has 0 saturated carbocycles. The van der Waals surface area contributed by atoms with Crippen LogP contribution in [0.2, 0.25) is 0 Å². The van der Waals surface area contributed by atoms with Crippen LogP contribution in [-0.2, 0) is 0 Å². The summed E-state index contributed by atoms with van der Waals surface area (Å²) in [5, 5.41) is 2.89. The molecule has 0 amide bonds. The maximum atomic E-state index is 12.0. The summed E-state index contributed by atoms with van der Waals surface area (Å²) in [7, 11) is 0. The van der Waals surface area contributed by atoms with E-state index in [2.05, 4.69) is 10.3 Å². The lowest BCUT2D eigenvalue weighted by atomic mass is 9.97. The number of aliphatic imine (C=N–C) groups is 1. The Morgan fingerprint density at radius 1 is 1.40 bits per heavy atom. The molecule has 0 fully saturated rings. The number of nitrogens with one attached hydrogen (secondary N) is 1. The minimum absolute atomic E-state index is 0.0975. The molecule has 2 rings (SSSR count). The van der Waals surface area contributed by atoms with Crippen molar-refractivity contribution in [3.8, 4) is 0 Å². The van der Waals surface area contributed by atoms with Crippen LogP contribution in [-0.4, -0.2) is 24.8 Å². The van der Waals surface area contributed by atoms with Crippen molar-refractivity contribution in [3.63, 3.8) is 0 Å². The minimum atomic E-state index is -0.0975. The Kier molecular flexibility index (Phi) is 2.67. The fourth-order valence-electron chi connectivity index (χ4n) is 1.57. The largest absolute Gasteiger partial charge is 0.370 e. The summed E-state index contributed by atoms with van der Waals surface area (Å²) in [6.45, 7) is 1.05. The molecule has 0 radical (unpaired) electrons. The Hall–Kier alpha value is -1.84. The summed E-state index contributed by atoms with van der Waals surface area (Å²) in [6, 6.07) is 9.27. The molecule has 0 spiro atoms. The van der Waals surface area contributed by atoms with E-state index in [1.54, 1.807) is 0 Å². The van der Waals surface area contributed by atoms with E-state index < -0.39 is 0 Å². The average Bonchev–Trinajstić information content (AvgIpc) is 2.30. The van der Waals surface area contributed by atoms with Gasteiger partial charge in [-0.2, -0.15) is 0 Å². The van der Waals surface area contributed by atoms with Crippen molar-refractivity contribution in [2.45, 2.75) is 0 Å². The van der Waals surface area contributed by atoms with E-state index in [9.17, 15) is 4.79 Å². The lowest BCUT2D eigenvalue weighted by Crippen LogP contribution is -2.43. The van der Waals surface area contributed by atoms with Crippen molar-refractivity contribution in [1.82, 2.24) is 5.32 Å². The summed E-state index contributed by atoms with van der Waals surface area (Å²) >= 11 is 0. The first-order valence-electron chi connectivity index (χ1n) is 4.90. The number of ketones is 1. The van der Waals surface area contributed by atoms with E-state index in [1.807, 2.05) is 30.3 Å². The van der Waals surface area contributed by atoms with Gasteiger partial charge >= 0.3 is 0 Å². The standard InChI is InChI=1S/C11H13N3O/c12-11-13-6-9(7-14-11)10(15)8-4-2-1-3-5-8/h1-5,9H,6-7H2,(H3,12,13,14). The number of nitrogens with two attached hydrogens (primary N) is 1. The van der Waals surface area contributed by atoms with E-state index in [4.69, 9.17) is 5.73 Å². The number of carbonyl (C=O) groups excluding carboxylic acids is 1. The van der Waals surface area contributed by atoms with Crippen molar-refractivity contribution in [2.75, 3.05) is 13.1 Å². The maximum absolute atomic E-state index is 12.0. The van der Waals surface area contributed by atoms with Gasteiger partial charge in [0.25, 0.3) is 0 Å². The van der Waals surface area contributed by atoms with Gasteiger partial charge in [0.2, 0.25) is 0 Å². The molecule has 15 heavy (non-hydrogen) atoms. The predicted molar refractivity (Wildman–Crippen MR) is 58.8 cm³/mol. The molecular weight excluding hydrogens is 190 g/mol. The monoisotopic (exact) mass is 203 g/mol. The highest BCUT2D eigenvalue weighted by atomic mass is 16.1. The fraction of sp³-hybridized carbons (Fsp3) is 0.273. The molecular formula is C11H13N3O. The van der Waals surface area contributed by atoms with Crippen LogP contribution in [0.25, 0.3) is 0 Å². The van der Waals surface area contributed by atoms with Crippen LogP contribution in [0.4, 0.5) is 0 Å². The van der Waals surface area contributed by atoms with Gasteiger partial charge in [0.15, 0.2) is 11.7 Å². The molecule has 1 unspecified atom stereocenters. The summed E-state index contributed by atoms with van der Waals surface area (Å²) in [6.07, 6.45) is 0. The molecule has 0 bridgehead atoms. The van der Waals surface area contributed by atoms with Crippen molar-refractivity contribution < 1.29 is 4.79 Å². The van der Waals surface area contributed by atoms with Gasteiger partial charge in [0, 0.05) is 12.1 Å². The zero-order valence-corrected chi connectivity index (χ0v) is 8.31. The zero-order chi connectivity index (χ0) is 10.7. The second-order valence-corrected chi connectivity index (χ2v) is 3.53. The number of hydrogen-bond acceptors (Lipinski definition) is 4. The first kappa shape index (κ1) is 9.71. The van der Waals surface area contributed by atoms with Crippen molar-refractivity contribution in [2.24, 2.45) is 16.6 Å². The van der Waals surface area contributed by atoms with E-state index >= 15 is 0 Å². The molecule has 3 N–H and O–H groups in total. The van der Waals surface area contributed by atoms with Gasteiger partial charge in [-0.1, -0.05) is 30.3 Å². The number of nitrogens with zero attached hydrogens (tertiary/aromatic N) is 1. The molecule has 4 nitrogen and oxygen atoms in total. The number of carbonyl (C=O) groups is 1. The van der Waals surface area contributed by atoms with Crippen LogP contribution in [0.1, 0.15) is 10.4 Å². The minimum Gasteiger partial charge on any atom is -0.370 e. The highest BCUT2D eigenvalue weighted by molar-refractivity contribution is 5.98. The van der Waals surface area contributed by atoms with Gasteiger partial charge in [0.05, 0.1) is 12.5 Å². The summed E-state index contributed by atoms with van der Waals surface area (Å²) in [5.74, 6) is 0.450. The van der Waals surface area contributed by atoms with Crippen LogP contribution in [0.5, 0.6) is 0 Å². The quantitative estimate of drug-likeness (QED) is 0.684. The lowest BCUT2D eigenvalue weighted by molar-refractivity contribution is 0.0924. The maximum Gasteiger partial charge on any atom is 0.188 e. The third-order valence-electron chi connectivity index (χ3n) is 2.44. The number of hydrogen-bond donors (Lipinski definition) is 2. The highest BCUT2D eigenvalue weighted by Crippen LogP contribution is 2.10. The van der Waals surface area contributed by atoms with Crippen LogP contribution in [0.15, 0.2) is 35.3 Å². The third-order valence-corrected chi connectivity index (χ3v) is 2.44. The molecule has 0 aliphatic carbocycles. The molecule has 1 aromatic rings. The second-order valence-electron chi connectivity index (χ2n) is 3.53. The Morgan fingerprint density at radius 2 is 2.13 bits per heavy atom. The Bertz CT molecular complexity index is 386. The Balaban J connectivity index is 2.10. The molecule has 4 heteroatoms. The smallest absolute Gasteiger partial charge is 0.188 e. The summed E-state index contributed by atoms with van der Waals surface area (Å²) in [4.78, 5) is 16.0. The van der Waals surface area contributed by atoms with E-state index in [0.717, 1.165) is 5.56 Å². The van der Waals surface area contributed by atoms with Crippen LogP contribution >= 0.6 is 0 Å². The summed E-state index contributed by atoms with van der Waals surface area (Å²) in [5.41, 5.74) is 6.20. The van der Waals surface area contributed by atoms with Crippen molar-refractivity contribution in [1.29, 1.82) is 0 Å². The van der Waals surface area contributed by atoms with E-state index in [1.165, 1.54) is 0 Å². The van der Waals surface area contributed by atoms with Gasteiger partial charge in [0.1, 0.15) is 0 Å². The number of rotatable bonds is 2. The second kappa shape index (κ2) is 4.13. The molecule has 1 aliphatic heterocycles. The van der Waals surface area contributed by atoms with Gasteiger partial charge in [-0.3, -0.25) is 9.79 Å². The number of guanidine groups is 1. The third kappa shape index (κ3) is 2.15. The zero-order valence-electron chi connectivity index (χ0n) is 8.31. The van der Waals surface area contributed by atoms with E-state index in [-0.39, 0.29) is 11.7 Å². The van der Waals surface area contributed by atoms with Crippen LogP contribution in [0.3, 0.4) is 0 Å². The molecule has 0 saturated heterocycles. The molecule has 1 heterocycles. The Labute approximate surface area is 88.2 Å². The molecule has 1 aliphatic rings. The molecule has 78 valence electrons. The van der Waals surface area contributed by atoms with Crippen molar-refractivity contribution >= 4 is 11.7 Å². The predicted octanol–water partition coefficient (Wildman–Crippen LogP) is 0.403.